The van der Waals surface area contributed by atoms with Crippen molar-refractivity contribution in [1.29, 1.82) is 0 Å². The second kappa shape index (κ2) is 13.3. The van der Waals surface area contributed by atoms with Crippen LogP contribution in [0.3, 0.4) is 0 Å². The molecule has 0 heterocycles. The fraction of sp³-hybridized carbons (Fsp3) is 0.310. The Labute approximate surface area is 250 Å². The number of benzene rings is 3. The van der Waals surface area contributed by atoms with Crippen LogP contribution in [0.25, 0.3) is 0 Å². The number of anilines is 1. The number of hydrogen-bond donors (Lipinski definition) is 1. The summed E-state index contributed by atoms with van der Waals surface area (Å²) in [6.07, 6.45) is 3.82. The minimum absolute atomic E-state index is 0.0190. The van der Waals surface area contributed by atoms with Crippen LogP contribution in [-0.2, 0) is 26.2 Å². The van der Waals surface area contributed by atoms with E-state index >= 15 is 0 Å². The van der Waals surface area contributed by atoms with Gasteiger partial charge in [0.05, 0.1) is 10.6 Å². The van der Waals surface area contributed by atoms with Crippen molar-refractivity contribution in [1.82, 2.24) is 10.2 Å². The summed E-state index contributed by atoms with van der Waals surface area (Å²) in [4.78, 5) is 28.6. The molecule has 4 rings (SSSR count). The van der Waals surface area contributed by atoms with E-state index in [-0.39, 0.29) is 29.1 Å². The van der Waals surface area contributed by atoms with E-state index in [0.717, 1.165) is 30.0 Å². The number of nitrogens with one attached hydrogen (secondary N) is 1. The molecular weight excluding hydrogens is 593 g/mol. The molecule has 1 aliphatic carbocycles. The third-order valence-corrected chi connectivity index (χ3v) is 9.73. The molecule has 1 fully saturated rings. The van der Waals surface area contributed by atoms with Gasteiger partial charge in [0.25, 0.3) is 10.0 Å². The molecule has 1 aliphatic rings. The Morgan fingerprint density at radius 3 is 2.10 bits per heavy atom. The zero-order chi connectivity index (χ0) is 28.9. The molecule has 0 saturated heterocycles. The topological polar surface area (TPSA) is 86.8 Å². The number of rotatable bonds is 10. The van der Waals surface area contributed by atoms with Crippen LogP contribution >= 0.6 is 34.8 Å². The van der Waals surface area contributed by atoms with E-state index in [1.807, 2.05) is 0 Å². The molecule has 40 heavy (non-hydrogen) atoms. The van der Waals surface area contributed by atoms with E-state index in [0.29, 0.717) is 20.6 Å². The minimum atomic E-state index is -4.16. The lowest BCUT2D eigenvalue weighted by molar-refractivity contribution is -0.139. The summed E-state index contributed by atoms with van der Waals surface area (Å²) in [5.41, 5.74) is 0.712. The van der Waals surface area contributed by atoms with Crippen molar-refractivity contribution in [3.05, 3.63) is 93.4 Å². The Kier molecular flexibility index (Phi) is 10.0. The molecular formula is C29H30Cl3N3O4S. The first-order valence-electron chi connectivity index (χ1n) is 12.9. The van der Waals surface area contributed by atoms with Crippen LogP contribution in [0.1, 0.15) is 38.2 Å². The highest BCUT2D eigenvalue weighted by atomic mass is 35.5. The summed E-state index contributed by atoms with van der Waals surface area (Å²) >= 11 is 18.9. The highest BCUT2D eigenvalue weighted by Gasteiger charge is 2.34. The number of nitrogens with zero attached hydrogens (tertiary/aromatic N) is 2. The van der Waals surface area contributed by atoms with Gasteiger partial charge in [-0.15, -0.1) is 0 Å². The second-order valence-electron chi connectivity index (χ2n) is 9.69. The average molecular weight is 623 g/mol. The second-order valence-corrected chi connectivity index (χ2v) is 12.8. The summed E-state index contributed by atoms with van der Waals surface area (Å²) in [5.74, 6) is -0.924. The number of carbonyl (C=O) groups excluding carboxylic acids is 2. The number of hydrogen-bond acceptors (Lipinski definition) is 4. The molecule has 3 aromatic rings. The van der Waals surface area contributed by atoms with Gasteiger partial charge < -0.3 is 10.2 Å². The summed E-state index contributed by atoms with van der Waals surface area (Å²) in [5, 5.41) is 4.11. The van der Waals surface area contributed by atoms with E-state index in [9.17, 15) is 18.0 Å². The number of halogens is 3. The zero-order valence-corrected chi connectivity index (χ0v) is 25.0. The van der Waals surface area contributed by atoms with Gasteiger partial charge in [0, 0.05) is 33.2 Å². The molecule has 0 radical (unpaired) electrons. The SMILES string of the molecule is C[C@H](C(=O)NC1CCCC1)N(Cc1c(Cl)cccc1Cl)C(=O)CN(c1ccc(Cl)cc1)S(=O)(=O)c1ccccc1. The lowest BCUT2D eigenvalue weighted by Crippen LogP contribution is -2.52. The maximum Gasteiger partial charge on any atom is 0.264 e. The van der Waals surface area contributed by atoms with Gasteiger partial charge in [-0.25, -0.2) is 8.42 Å². The fourth-order valence-electron chi connectivity index (χ4n) is 4.68. The third kappa shape index (κ3) is 7.10. The largest absolute Gasteiger partial charge is 0.352 e. The van der Waals surface area contributed by atoms with Crippen molar-refractivity contribution in [2.24, 2.45) is 0 Å². The van der Waals surface area contributed by atoms with Crippen molar-refractivity contribution < 1.29 is 18.0 Å². The smallest absolute Gasteiger partial charge is 0.264 e. The van der Waals surface area contributed by atoms with Gasteiger partial charge in [-0.05, 0) is 68.3 Å². The lowest BCUT2D eigenvalue weighted by Gasteiger charge is -2.33. The number of sulfonamides is 1. The van der Waals surface area contributed by atoms with Crippen LogP contribution < -0.4 is 9.62 Å². The number of amides is 2. The quantitative estimate of drug-likeness (QED) is 0.287. The van der Waals surface area contributed by atoms with Crippen LogP contribution in [0.5, 0.6) is 0 Å². The summed E-state index contributed by atoms with van der Waals surface area (Å²) < 4.78 is 28.6. The van der Waals surface area contributed by atoms with Crippen LogP contribution in [0.15, 0.2) is 77.7 Å². The molecule has 3 aromatic carbocycles. The predicted molar refractivity (Wildman–Crippen MR) is 159 cm³/mol. The molecule has 1 N–H and O–H groups in total. The van der Waals surface area contributed by atoms with Crippen LogP contribution in [0.2, 0.25) is 15.1 Å². The summed E-state index contributed by atoms with van der Waals surface area (Å²) in [7, 11) is -4.16. The van der Waals surface area contributed by atoms with Crippen LogP contribution in [-0.4, -0.2) is 43.8 Å². The molecule has 0 bridgehead atoms. The molecule has 1 saturated carbocycles. The Morgan fingerprint density at radius 2 is 1.50 bits per heavy atom. The first-order chi connectivity index (χ1) is 19.1. The van der Waals surface area contributed by atoms with Crippen molar-refractivity contribution >= 4 is 62.3 Å². The average Bonchev–Trinajstić information content (AvgIpc) is 3.45. The Bertz CT molecular complexity index is 1430. The molecule has 2 amide bonds. The maximum atomic E-state index is 14.0. The molecule has 212 valence electrons. The Balaban J connectivity index is 1.70. The summed E-state index contributed by atoms with van der Waals surface area (Å²) in [6, 6.07) is 18.1. The normalized spacial score (nSPS) is 14.5. The molecule has 11 heteroatoms. The molecule has 0 aromatic heterocycles. The van der Waals surface area contributed by atoms with Gasteiger partial charge in [-0.2, -0.15) is 0 Å². The molecule has 0 spiro atoms. The van der Waals surface area contributed by atoms with Crippen LogP contribution in [0, 0.1) is 0 Å². The predicted octanol–water partition coefficient (Wildman–Crippen LogP) is 6.32. The van der Waals surface area contributed by atoms with Crippen molar-refractivity contribution in [2.75, 3.05) is 10.8 Å². The molecule has 0 unspecified atom stereocenters. The van der Waals surface area contributed by atoms with Gasteiger partial charge in [-0.3, -0.25) is 13.9 Å². The van der Waals surface area contributed by atoms with Crippen LogP contribution in [0.4, 0.5) is 5.69 Å². The van der Waals surface area contributed by atoms with Gasteiger partial charge in [0.1, 0.15) is 12.6 Å². The van der Waals surface area contributed by atoms with Crippen molar-refractivity contribution in [3.8, 4) is 0 Å². The standard InChI is InChI=1S/C29H30Cl3N3O4S/c1-20(29(37)33-22-8-5-6-9-22)34(18-25-26(31)12-7-13-27(25)32)28(36)19-35(23-16-14-21(30)15-17-23)40(38,39)24-10-3-2-4-11-24/h2-4,7,10-17,20,22H,5-6,8-9,18-19H2,1H3,(H,33,37)/t20-/m1/s1. The first-order valence-corrected chi connectivity index (χ1v) is 15.5. The van der Waals surface area contributed by atoms with Gasteiger partial charge >= 0.3 is 0 Å². The van der Waals surface area contributed by atoms with Crippen molar-refractivity contribution in [2.45, 2.75) is 56.1 Å². The molecule has 0 aliphatic heterocycles. The van der Waals surface area contributed by atoms with Gasteiger partial charge in [-0.1, -0.05) is 71.9 Å². The molecule has 7 nitrogen and oxygen atoms in total. The van der Waals surface area contributed by atoms with Gasteiger partial charge in [0.15, 0.2) is 0 Å². The van der Waals surface area contributed by atoms with E-state index in [4.69, 9.17) is 34.8 Å². The van der Waals surface area contributed by atoms with Gasteiger partial charge in [0.2, 0.25) is 11.8 Å². The first kappa shape index (κ1) is 30.2. The van der Waals surface area contributed by atoms with E-state index in [1.54, 1.807) is 55.5 Å². The van der Waals surface area contributed by atoms with Crippen molar-refractivity contribution in [3.63, 3.8) is 0 Å². The van der Waals surface area contributed by atoms with E-state index < -0.39 is 28.5 Å². The van der Waals surface area contributed by atoms with E-state index in [2.05, 4.69) is 5.32 Å². The zero-order valence-electron chi connectivity index (χ0n) is 21.9. The number of carbonyl (C=O) groups is 2. The Morgan fingerprint density at radius 1 is 0.900 bits per heavy atom. The third-order valence-electron chi connectivity index (χ3n) is 6.98. The monoisotopic (exact) mass is 621 g/mol. The Hall–Kier alpha value is -2.78. The lowest BCUT2D eigenvalue weighted by atomic mass is 10.1. The van der Waals surface area contributed by atoms with E-state index in [1.165, 1.54) is 29.2 Å². The highest BCUT2D eigenvalue weighted by molar-refractivity contribution is 7.92. The highest BCUT2D eigenvalue weighted by Crippen LogP contribution is 2.29. The minimum Gasteiger partial charge on any atom is -0.352 e. The maximum absolute atomic E-state index is 14.0. The summed E-state index contributed by atoms with van der Waals surface area (Å²) in [6.45, 7) is 0.962. The molecule has 1 atom stereocenters. The fourth-order valence-corrected chi connectivity index (χ4v) is 6.76.